The third-order valence-electron chi connectivity index (χ3n) is 3.95. The summed E-state index contributed by atoms with van der Waals surface area (Å²) in [6.45, 7) is 8.07. The summed E-state index contributed by atoms with van der Waals surface area (Å²) in [5.41, 5.74) is 3.54. The van der Waals surface area contributed by atoms with Gasteiger partial charge >= 0.3 is 0 Å². The number of hydrogen-bond donors (Lipinski definition) is 2. The minimum Gasteiger partial charge on any atom is -0.360 e. The zero-order chi connectivity index (χ0) is 18.7. The lowest BCUT2D eigenvalue weighted by molar-refractivity contribution is 0.102. The first-order valence-electron chi connectivity index (χ1n) is 8.37. The van der Waals surface area contributed by atoms with Crippen LogP contribution in [0.3, 0.4) is 0 Å². The van der Waals surface area contributed by atoms with Crippen molar-refractivity contribution >= 4 is 23.2 Å². The van der Waals surface area contributed by atoms with Crippen LogP contribution in [-0.2, 0) is 0 Å². The first-order chi connectivity index (χ1) is 12.4. The number of aromatic nitrogens is 3. The third kappa shape index (κ3) is 3.88. The molecule has 134 valence electrons. The van der Waals surface area contributed by atoms with Crippen molar-refractivity contribution in [2.75, 3.05) is 10.6 Å². The number of anilines is 3. The van der Waals surface area contributed by atoms with E-state index < -0.39 is 0 Å². The van der Waals surface area contributed by atoms with Gasteiger partial charge in [-0.05, 0) is 30.9 Å². The first kappa shape index (κ1) is 17.6. The Morgan fingerprint density at radius 1 is 1.12 bits per heavy atom. The lowest BCUT2D eigenvalue weighted by Crippen LogP contribution is -2.14. The Balaban J connectivity index is 1.83. The van der Waals surface area contributed by atoms with Gasteiger partial charge in [0, 0.05) is 17.8 Å². The highest BCUT2D eigenvalue weighted by Gasteiger charge is 2.14. The number of hydrogen-bond acceptors (Lipinski definition) is 6. The highest BCUT2D eigenvalue weighted by Crippen LogP contribution is 2.29. The van der Waals surface area contributed by atoms with E-state index in [9.17, 15) is 4.79 Å². The highest BCUT2D eigenvalue weighted by atomic mass is 16.5. The molecule has 1 aromatic carbocycles. The van der Waals surface area contributed by atoms with Gasteiger partial charge in [-0.25, -0.2) is 9.97 Å². The zero-order valence-corrected chi connectivity index (χ0v) is 15.2. The summed E-state index contributed by atoms with van der Waals surface area (Å²) in [4.78, 5) is 20.6. The van der Waals surface area contributed by atoms with Gasteiger partial charge in [-0.1, -0.05) is 37.2 Å². The number of benzene rings is 1. The molecular formula is C19H21N5O2. The van der Waals surface area contributed by atoms with Crippen molar-refractivity contribution in [2.45, 2.75) is 33.6 Å². The number of rotatable bonds is 5. The van der Waals surface area contributed by atoms with Crippen LogP contribution in [0.15, 0.2) is 41.2 Å². The lowest BCUT2D eigenvalue weighted by Gasteiger charge is -2.17. The fraction of sp³-hybridized carbons (Fsp3) is 0.263. The Hall–Kier alpha value is -3.22. The summed E-state index contributed by atoms with van der Waals surface area (Å²) < 4.78 is 4.94. The van der Waals surface area contributed by atoms with Crippen molar-refractivity contribution in [3.8, 4) is 0 Å². The Kier molecular flexibility index (Phi) is 4.97. The van der Waals surface area contributed by atoms with Crippen LogP contribution in [0.5, 0.6) is 0 Å². The van der Waals surface area contributed by atoms with Crippen LogP contribution in [0, 0.1) is 13.8 Å². The van der Waals surface area contributed by atoms with Gasteiger partial charge < -0.3 is 15.2 Å². The third-order valence-corrected chi connectivity index (χ3v) is 3.95. The van der Waals surface area contributed by atoms with Crippen LogP contribution in [0.4, 0.5) is 17.3 Å². The molecule has 1 amide bonds. The molecule has 0 saturated carbocycles. The van der Waals surface area contributed by atoms with Crippen LogP contribution in [-0.4, -0.2) is 21.0 Å². The summed E-state index contributed by atoms with van der Waals surface area (Å²) in [5.74, 6) is 1.50. The van der Waals surface area contributed by atoms with Crippen molar-refractivity contribution in [1.29, 1.82) is 0 Å². The van der Waals surface area contributed by atoms with Crippen LogP contribution >= 0.6 is 0 Å². The van der Waals surface area contributed by atoms with Crippen LogP contribution in [0.25, 0.3) is 0 Å². The maximum absolute atomic E-state index is 12.4. The summed E-state index contributed by atoms with van der Waals surface area (Å²) in [5, 5.41) is 9.72. The molecule has 0 radical (unpaired) electrons. The maximum atomic E-state index is 12.4. The molecule has 0 atom stereocenters. The molecule has 0 bridgehead atoms. The Bertz CT molecular complexity index is 933. The number of para-hydroxylation sites is 1. The summed E-state index contributed by atoms with van der Waals surface area (Å²) in [6.07, 6.45) is 1.36. The smallest absolute Gasteiger partial charge is 0.275 e. The molecule has 0 spiro atoms. The van der Waals surface area contributed by atoms with E-state index in [1.807, 2.05) is 19.1 Å². The molecule has 0 aliphatic rings. The van der Waals surface area contributed by atoms with Crippen LogP contribution < -0.4 is 10.6 Å². The Morgan fingerprint density at radius 2 is 1.92 bits per heavy atom. The maximum Gasteiger partial charge on any atom is 0.275 e. The van der Waals surface area contributed by atoms with E-state index >= 15 is 0 Å². The molecule has 7 nitrogen and oxygen atoms in total. The quantitative estimate of drug-likeness (QED) is 0.715. The number of aryl methyl sites for hydroxylation is 2. The van der Waals surface area contributed by atoms with Crippen molar-refractivity contribution < 1.29 is 9.32 Å². The molecule has 0 fully saturated rings. The molecule has 26 heavy (non-hydrogen) atoms. The molecule has 2 heterocycles. The zero-order valence-electron chi connectivity index (χ0n) is 15.2. The van der Waals surface area contributed by atoms with E-state index in [0.717, 1.165) is 11.3 Å². The minimum absolute atomic E-state index is 0.239. The van der Waals surface area contributed by atoms with Crippen LogP contribution in [0.2, 0.25) is 0 Å². The Morgan fingerprint density at radius 3 is 2.62 bits per heavy atom. The second kappa shape index (κ2) is 7.35. The van der Waals surface area contributed by atoms with E-state index in [1.54, 1.807) is 19.1 Å². The van der Waals surface area contributed by atoms with Gasteiger partial charge in [0.25, 0.3) is 5.91 Å². The number of amides is 1. The molecule has 7 heteroatoms. The predicted octanol–water partition coefficient (Wildman–Crippen LogP) is 4.20. The van der Waals surface area contributed by atoms with E-state index in [-0.39, 0.29) is 11.6 Å². The molecule has 3 aromatic rings. The van der Waals surface area contributed by atoms with Gasteiger partial charge in [-0.3, -0.25) is 4.79 Å². The largest absolute Gasteiger partial charge is 0.360 e. The van der Waals surface area contributed by atoms with Crippen molar-refractivity contribution in [3.63, 3.8) is 0 Å². The second-order valence-electron chi connectivity index (χ2n) is 6.38. The molecule has 3 rings (SSSR count). The molecule has 2 N–H and O–H groups in total. The minimum atomic E-state index is -0.377. The molecule has 0 unspecified atom stereocenters. The van der Waals surface area contributed by atoms with Crippen molar-refractivity contribution in [3.05, 3.63) is 59.2 Å². The molecule has 0 saturated heterocycles. The van der Waals surface area contributed by atoms with E-state index in [0.29, 0.717) is 23.3 Å². The van der Waals surface area contributed by atoms with Gasteiger partial charge in [0.05, 0.1) is 0 Å². The average Bonchev–Trinajstić information content (AvgIpc) is 3.01. The number of nitrogens with one attached hydrogen (secondary N) is 2. The second-order valence-corrected chi connectivity index (χ2v) is 6.38. The van der Waals surface area contributed by atoms with Gasteiger partial charge in [0.2, 0.25) is 0 Å². The predicted molar refractivity (Wildman–Crippen MR) is 99.8 cm³/mol. The molecule has 2 aromatic heterocycles. The van der Waals surface area contributed by atoms with Gasteiger partial charge in [0.1, 0.15) is 23.6 Å². The van der Waals surface area contributed by atoms with Crippen molar-refractivity contribution in [2.24, 2.45) is 0 Å². The van der Waals surface area contributed by atoms with E-state index in [4.69, 9.17) is 4.52 Å². The molecular weight excluding hydrogens is 330 g/mol. The number of nitrogens with zero attached hydrogens (tertiary/aromatic N) is 3. The molecule has 0 aliphatic carbocycles. The van der Waals surface area contributed by atoms with E-state index in [1.165, 1.54) is 11.9 Å². The monoisotopic (exact) mass is 351 g/mol. The fourth-order valence-corrected chi connectivity index (χ4v) is 2.63. The fourth-order valence-electron chi connectivity index (χ4n) is 2.63. The van der Waals surface area contributed by atoms with Gasteiger partial charge in [-0.2, -0.15) is 0 Å². The summed E-state index contributed by atoms with van der Waals surface area (Å²) in [7, 11) is 0. The Labute approximate surface area is 151 Å². The summed E-state index contributed by atoms with van der Waals surface area (Å²) >= 11 is 0. The highest BCUT2D eigenvalue weighted by molar-refractivity contribution is 6.02. The topological polar surface area (TPSA) is 92.9 Å². The normalized spacial score (nSPS) is 10.8. The first-order valence-corrected chi connectivity index (χ1v) is 8.37. The lowest BCUT2D eigenvalue weighted by atomic mass is 9.98. The van der Waals surface area contributed by atoms with Crippen molar-refractivity contribution in [1.82, 2.24) is 15.1 Å². The van der Waals surface area contributed by atoms with Gasteiger partial charge in [-0.15, -0.1) is 0 Å². The van der Waals surface area contributed by atoms with E-state index in [2.05, 4.69) is 45.7 Å². The molecule has 0 aliphatic heterocycles. The average molecular weight is 351 g/mol. The van der Waals surface area contributed by atoms with Gasteiger partial charge in [0.15, 0.2) is 5.82 Å². The number of carbonyl (C=O) groups excluding carboxylic acids is 1. The van der Waals surface area contributed by atoms with Crippen LogP contribution in [0.1, 0.15) is 47.1 Å². The standard InChI is InChI=1S/C19H21N5O2/c1-11(2)14-7-5-6-12(3)18(14)22-16-9-15(20-10-21-16)19(25)23-17-8-13(4)26-24-17/h5-11H,1-4H3,(H,20,21,22)(H,23,24,25). The number of carbonyl (C=O) groups is 1. The SMILES string of the molecule is Cc1cc(NC(=O)c2cc(Nc3c(C)cccc3C(C)C)ncn2)no1. The summed E-state index contributed by atoms with van der Waals surface area (Å²) in [6, 6.07) is 9.41.